The first-order chi connectivity index (χ1) is 8.29. The number of hydrogen-bond acceptors (Lipinski definition) is 3. The van der Waals surface area contributed by atoms with Crippen molar-refractivity contribution in [3.63, 3.8) is 0 Å². The van der Waals surface area contributed by atoms with Crippen molar-refractivity contribution in [2.24, 2.45) is 0 Å². The molecule has 0 saturated carbocycles. The zero-order valence-corrected chi connectivity index (χ0v) is 9.35. The standard InChI is InChI=1S/C13H12N2O2/c14-6-9-1-2-10-7-15(11-3-4-17-8-11)13(16)12(10)5-9/h1-2,5,11H,3-4,7-8H2. The van der Waals surface area contributed by atoms with E-state index >= 15 is 0 Å². The van der Waals surface area contributed by atoms with Crippen LogP contribution in [0.15, 0.2) is 18.2 Å². The molecule has 1 atom stereocenters. The van der Waals surface area contributed by atoms with Crippen LogP contribution in [-0.2, 0) is 11.3 Å². The van der Waals surface area contributed by atoms with Crippen LogP contribution in [0.5, 0.6) is 0 Å². The van der Waals surface area contributed by atoms with Crippen LogP contribution >= 0.6 is 0 Å². The Morgan fingerprint density at radius 1 is 1.47 bits per heavy atom. The maximum Gasteiger partial charge on any atom is 0.254 e. The Morgan fingerprint density at radius 2 is 2.35 bits per heavy atom. The molecule has 4 nitrogen and oxygen atoms in total. The number of nitrogens with zero attached hydrogens (tertiary/aromatic N) is 2. The van der Waals surface area contributed by atoms with Crippen LogP contribution in [0, 0.1) is 11.3 Å². The number of nitriles is 1. The smallest absolute Gasteiger partial charge is 0.254 e. The summed E-state index contributed by atoms with van der Waals surface area (Å²) in [6, 6.07) is 7.59. The normalized spacial score (nSPS) is 22.6. The minimum absolute atomic E-state index is 0.0348. The number of hydrogen-bond donors (Lipinski definition) is 0. The molecule has 0 aromatic heterocycles. The highest BCUT2D eigenvalue weighted by atomic mass is 16.5. The van der Waals surface area contributed by atoms with E-state index in [0.717, 1.165) is 18.6 Å². The Balaban J connectivity index is 1.92. The molecule has 1 saturated heterocycles. The van der Waals surface area contributed by atoms with Gasteiger partial charge >= 0.3 is 0 Å². The number of carbonyl (C=O) groups excluding carboxylic acids is 1. The number of rotatable bonds is 1. The Kier molecular flexibility index (Phi) is 2.34. The SMILES string of the molecule is N#Cc1ccc2c(c1)C(=O)N(C1CCOC1)C2. The molecular formula is C13H12N2O2. The molecule has 2 heterocycles. The van der Waals surface area contributed by atoms with Crippen molar-refractivity contribution in [3.05, 3.63) is 34.9 Å². The molecule has 4 heteroatoms. The first-order valence-corrected chi connectivity index (χ1v) is 5.71. The number of carbonyl (C=O) groups is 1. The average molecular weight is 228 g/mol. The minimum atomic E-state index is 0.0348. The van der Waals surface area contributed by atoms with Crippen LogP contribution in [0.1, 0.15) is 27.9 Å². The first kappa shape index (κ1) is 10.3. The summed E-state index contributed by atoms with van der Waals surface area (Å²) in [6.45, 7) is 2.01. The second kappa shape index (κ2) is 3.86. The van der Waals surface area contributed by atoms with Gasteiger partial charge in [0.25, 0.3) is 5.91 Å². The lowest BCUT2D eigenvalue weighted by Gasteiger charge is -2.21. The van der Waals surface area contributed by atoms with Crippen LogP contribution < -0.4 is 0 Å². The number of amides is 1. The molecule has 0 bridgehead atoms. The van der Waals surface area contributed by atoms with Crippen LogP contribution in [0.25, 0.3) is 0 Å². The fourth-order valence-electron chi connectivity index (χ4n) is 2.46. The van der Waals surface area contributed by atoms with E-state index in [1.807, 2.05) is 11.0 Å². The molecule has 3 rings (SSSR count). The fraction of sp³-hybridized carbons (Fsp3) is 0.385. The number of benzene rings is 1. The van der Waals surface area contributed by atoms with Gasteiger partial charge in [0.15, 0.2) is 0 Å². The third-order valence-corrected chi connectivity index (χ3v) is 3.42. The molecule has 1 aromatic carbocycles. The first-order valence-electron chi connectivity index (χ1n) is 5.71. The summed E-state index contributed by atoms with van der Waals surface area (Å²) in [4.78, 5) is 14.1. The Labute approximate surface area is 99.4 Å². The number of fused-ring (bicyclic) bond motifs is 1. The third kappa shape index (κ3) is 1.60. The van der Waals surface area contributed by atoms with Crippen LogP contribution in [-0.4, -0.2) is 30.1 Å². The molecule has 0 radical (unpaired) electrons. The Bertz CT molecular complexity index is 513. The summed E-state index contributed by atoms with van der Waals surface area (Å²) in [6.07, 6.45) is 0.908. The van der Waals surface area contributed by atoms with Gasteiger partial charge in [-0.3, -0.25) is 4.79 Å². The van der Waals surface area contributed by atoms with Crippen molar-refractivity contribution in [1.29, 1.82) is 5.26 Å². The zero-order chi connectivity index (χ0) is 11.8. The van der Waals surface area contributed by atoms with Gasteiger partial charge in [-0.2, -0.15) is 5.26 Å². The van der Waals surface area contributed by atoms with Crippen LogP contribution in [0.2, 0.25) is 0 Å². The minimum Gasteiger partial charge on any atom is -0.379 e. The quantitative estimate of drug-likeness (QED) is 0.728. The van der Waals surface area contributed by atoms with Crippen LogP contribution in [0.4, 0.5) is 0 Å². The van der Waals surface area contributed by atoms with Crippen molar-refractivity contribution < 1.29 is 9.53 Å². The second-order valence-corrected chi connectivity index (χ2v) is 4.43. The van der Waals surface area contributed by atoms with E-state index in [4.69, 9.17) is 10.00 Å². The molecule has 0 aliphatic carbocycles. The molecule has 1 fully saturated rings. The lowest BCUT2D eigenvalue weighted by atomic mass is 10.1. The van der Waals surface area contributed by atoms with Crippen molar-refractivity contribution in [2.45, 2.75) is 19.0 Å². The van der Waals surface area contributed by atoms with E-state index in [1.54, 1.807) is 12.1 Å². The molecule has 2 aliphatic rings. The summed E-state index contributed by atoms with van der Waals surface area (Å²) < 4.78 is 5.32. The summed E-state index contributed by atoms with van der Waals surface area (Å²) in [7, 11) is 0. The maximum absolute atomic E-state index is 12.2. The molecular weight excluding hydrogens is 216 g/mol. The summed E-state index contributed by atoms with van der Waals surface area (Å²) in [5.74, 6) is 0.0348. The number of ether oxygens (including phenoxy) is 1. The lowest BCUT2D eigenvalue weighted by molar-refractivity contribution is 0.0679. The van der Waals surface area contributed by atoms with E-state index in [2.05, 4.69) is 6.07 Å². The molecule has 0 N–H and O–H groups in total. The van der Waals surface area contributed by atoms with E-state index in [0.29, 0.717) is 24.3 Å². The van der Waals surface area contributed by atoms with Gasteiger partial charge < -0.3 is 9.64 Å². The predicted molar refractivity (Wildman–Crippen MR) is 60.3 cm³/mol. The molecule has 1 unspecified atom stereocenters. The molecule has 17 heavy (non-hydrogen) atoms. The fourth-order valence-corrected chi connectivity index (χ4v) is 2.46. The summed E-state index contributed by atoms with van der Waals surface area (Å²) in [5.41, 5.74) is 2.23. The van der Waals surface area contributed by atoms with Gasteiger partial charge in [0.1, 0.15) is 0 Å². The van der Waals surface area contributed by atoms with Crippen molar-refractivity contribution in [1.82, 2.24) is 4.90 Å². The van der Waals surface area contributed by atoms with E-state index in [9.17, 15) is 4.79 Å². The van der Waals surface area contributed by atoms with Gasteiger partial charge in [0.2, 0.25) is 0 Å². The topological polar surface area (TPSA) is 53.3 Å². The van der Waals surface area contributed by atoms with Gasteiger partial charge in [-0.05, 0) is 24.1 Å². The summed E-state index contributed by atoms with van der Waals surface area (Å²) in [5, 5.41) is 8.84. The van der Waals surface area contributed by atoms with Gasteiger partial charge in [0.05, 0.1) is 24.3 Å². The lowest BCUT2D eigenvalue weighted by Crippen LogP contribution is -2.35. The summed E-state index contributed by atoms with van der Waals surface area (Å²) >= 11 is 0. The zero-order valence-electron chi connectivity index (χ0n) is 9.35. The van der Waals surface area contributed by atoms with E-state index in [1.165, 1.54) is 0 Å². The van der Waals surface area contributed by atoms with Gasteiger partial charge in [-0.1, -0.05) is 6.07 Å². The highest BCUT2D eigenvalue weighted by molar-refractivity contribution is 5.98. The second-order valence-electron chi connectivity index (χ2n) is 4.43. The maximum atomic E-state index is 12.2. The van der Waals surface area contributed by atoms with Crippen LogP contribution in [0.3, 0.4) is 0 Å². The van der Waals surface area contributed by atoms with Crippen molar-refractivity contribution in [2.75, 3.05) is 13.2 Å². The molecule has 86 valence electrons. The third-order valence-electron chi connectivity index (χ3n) is 3.42. The molecule has 1 amide bonds. The highest BCUT2D eigenvalue weighted by Gasteiger charge is 2.34. The molecule has 2 aliphatic heterocycles. The molecule has 0 spiro atoms. The monoisotopic (exact) mass is 228 g/mol. The average Bonchev–Trinajstić information content (AvgIpc) is 2.97. The van der Waals surface area contributed by atoms with Crippen molar-refractivity contribution >= 4 is 5.91 Å². The molecule has 1 aromatic rings. The van der Waals surface area contributed by atoms with E-state index < -0.39 is 0 Å². The highest BCUT2D eigenvalue weighted by Crippen LogP contribution is 2.27. The predicted octanol–water partition coefficient (Wildman–Crippen LogP) is 1.30. The van der Waals surface area contributed by atoms with E-state index in [-0.39, 0.29) is 11.9 Å². The van der Waals surface area contributed by atoms with Gasteiger partial charge in [0, 0.05) is 18.7 Å². The van der Waals surface area contributed by atoms with Gasteiger partial charge in [-0.25, -0.2) is 0 Å². The largest absolute Gasteiger partial charge is 0.379 e. The van der Waals surface area contributed by atoms with Crippen molar-refractivity contribution in [3.8, 4) is 6.07 Å². The Hall–Kier alpha value is -1.86. The Morgan fingerprint density at radius 3 is 3.06 bits per heavy atom. The van der Waals surface area contributed by atoms with Gasteiger partial charge in [-0.15, -0.1) is 0 Å².